The number of H-pyrrole nitrogens is 1. The third kappa shape index (κ3) is 5.26. The fourth-order valence-corrected chi connectivity index (χ4v) is 3.63. The van der Waals surface area contributed by atoms with E-state index in [0.717, 1.165) is 28.5 Å². The summed E-state index contributed by atoms with van der Waals surface area (Å²) in [7, 11) is 0. The zero-order chi connectivity index (χ0) is 21.5. The zero-order valence-electron chi connectivity index (χ0n) is 17.2. The normalized spacial score (nSPS) is 12.1. The number of benzene rings is 2. The summed E-state index contributed by atoms with van der Waals surface area (Å²) in [5, 5.41) is 14.3. The summed E-state index contributed by atoms with van der Waals surface area (Å²) in [5.41, 5.74) is 2.78. The van der Waals surface area contributed by atoms with Gasteiger partial charge in [-0.25, -0.2) is 0 Å². The quantitative estimate of drug-likeness (QED) is 0.407. The molecule has 1 atom stereocenters. The van der Waals surface area contributed by atoms with Crippen LogP contribution in [0, 0.1) is 0 Å². The average molecular weight is 431 g/mol. The third-order valence-corrected chi connectivity index (χ3v) is 5.05. The highest BCUT2D eigenvalue weighted by atomic mass is 35.5. The number of hydrogen-bond acceptors (Lipinski definition) is 4. The predicted octanol–water partition coefficient (Wildman–Crippen LogP) is 4.79. The van der Waals surface area contributed by atoms with Crippen molar-refractivity contribution in [1.82, 2.24) is 10.3 Å². The van der Waals surface area contributed by atoms with Crippen LogP contribution in [0.1, 0.15) is 31.4 Å². The molecule has 3 rings (SSSR count). The largest absolute Gasteiger partial charge is 0.490 e. The Bertz CT molecular complexity index is 1000. The van der Waals surface area contributed by atoms with Crippen LogP contribution < -0.4 is 14.8 Å². The highest BCUT2D eigenvalue weighted by Gasteiger charge is 2.20. The Labute approximate surface area is 181 Å². The number of carbonyl (C=O) groups is 1. The average Bonchev–Trinajstić information content (AvgIpc) is 3.13. The molecular formula is C23H27ClN2O4. The molecular weight excluding hydrogens is 404 g/mol. The van der Waals surface area contributed by atoms with E-state index in [-0.39, 0.29) is 0 Å². The Morgan fingerprint density at radius 2 is 2.03 bits per heavy atom. The number of nitrogens with one attached hydrogen (secondary N) is 2. The van der Waals surface area contributed by atoms with Gasteiger partial charge < -0.3 is 24.9 Å². The monoisotopic (exact) mass is 430 g/mol. The van der Waals surface area contributed by atoms with Gasteiger partial charge >= 0.3 is 5.97 Å². The number of carboxylic acids is 1. The molecule has 1 heterocycles. The van der Waals surface area contributed by atoms with E-state index in [1.165, 1.54) is 0 Å². The Morgan fingerprint density at radius 3 is 2.77 bits per heavy atom. The van der Waals surface area contributed by atoms with E-state index in [2.05, 4.69) is 10.3 Å². The van der Waals surface area contributed by atoms with Crippen molar-refractivity contribution in [2.24, 2.45) is 0 Å². The summed E-state index contributed by atoms with van der Waals surface area (Å²) < 4.78 is 11.4. The van der Waals surface area contributed by atoms with Gasteiger partial charge in [-0.15, -0.1) is 0 Å². The number of aromatic amines is 1. The molecule has 0 fully saturated rings. The third-order valence-electron chi connectivity index (χ3n) is 4.77. The molecule has 0 radical (unpaired) electrons. The second-order valence-corrected chi connectivity index (χ2v) is 7.43. The Hall–Kier alpha value is -2.70. The molecule has 0 spiro atoms. The smallest absolute Gasteiger partial charge is 0.321 e. The summed E-state index contributed by atoms with van der Waals surface area (Å²) >= 11 is 6.41. The molecule has 0 saturated heterocycles. The minimum Gasteiger partial charge on any atom is -0.490 e. The fourth-order valence-electron chi connectivity index (χ4n) is 3.34. The lowest BCUT2D eigenvalue weighted by atomic mass is 10.0. The van der Waals surface area contributed by atoms with Crippen LogP contribution in [0.2, 0.25) is 5.02 Å². The van der Waals surface area contributed by atoms with Crippen LogP contribution in [0.15, 0.2) is 42.6 Å². The van der Waals surface area contributed by atoms with Crippen molar-refractivity contribution in [3.05, 3.63) is 58.7 Å². The second-order valence-electron chi connectivity index (χ2n) is 7.02. The van der Waals surface area contributed by atoms with E-state index in [1.54, 1.807) is 6.07 Å². The van der Waals surface area contributed by atoms with Gasteiger partial charge in [0.25, 0.3) is 0 Å². The molecule has 3 aromatic rings. The van der Waals surface area contributed by atoms with Gasteiger partial charge in [-0.05, 0) is 42.7 Å². The van der Waals surface area contributed by atoms with Crippen LogP contribution in [-0.4, -0.2) is 35.3 Å². The molecule has 0 bridgehead atoms. The number of para-hydroxylation sites is 1. The van der Waals surface area contributed by atoms with Crippen molar-refractivity contribution in [3.8, 4) is 11.5 Å². The van der Waals surface area contributed by atoms with Crippen molar-refractivity contribution in [2.45, 2.75) is 39.3 Å². The second kappa shape index (κ2) is 10.4. The van der Waals surface area contributed by atoms with Crippen LogP contribution in [0.25, 0.3) is 10.9 Å². The van der Waals surface area contributed by atoms with Gasteiger partial charge in [0.1, 0.15) is 6.04 Å². The van der Waals surface area contributed by atoms with Gasteiger partial charge in [0.05, 0.1) is 18.2 Å². The first-order valence-corrected chi connectivity index (χ1v) is 10.5. The maximum Gasteiger partial charge on any atom is 0.321 e. The highest BCUT2D eigenvalue weighted by molar-refractivity contribution is 6.32. The minimum atomic E-state index is -0.903. The molecule has 7 heteroatoms. The number of aliphatic carboxylic acids is 1. The van der Waals surface area contributed by atoms with E-state index >= 15 is 0 Å². The van der Waals surface area contributed by atoms with Gasteiger partial charge in [0.2, 0.25) is 0 Å². The molecule has 0 unspecified atom stereocenters. The molecule has 1 aromatic heterocycles. The fraction of sp³-hybridized carbons (Fsp3) is 0.348. The molecule has 6 nitrogen and oxygen atoms in total. The van der Waals surface area contributed by atoms with E-state index in [9.17, 15) is 9.90 Å². The number of rotatable bonds is 11. The van der Waals surface area contributed by atoms with Gasteiger partial charge in [-0.2, -0.15) is 0 Å². The molecule has 0 amide bonds. The standard InChI is InChI=1S/C23H27ClN2O4/c1-3-9-30-22-18(24)10-15(11-21(22)29-4-2)13-25-20(23(27)28)12-16-14-26-19-8-6-5-7-17(16)19/h5-8,10-11,14,20,25-26H,3-4,9,12-13H2,1-2H3,(H,27,28)/t20-/m1/s1. The molecule has 2 aromatic carbocycles. The van der Waals surface area contributed by atoms with Crippen molar-refractivity contribution in [3.63, 3.8) is 0 Å². The molecule has 0 aliphatic carbocycles. The lowest BCUT2D eigenvalue weighted by molar-refractivity contribution is -0.139. The van der Waals surface area contributed by atoms with Crippen LogP contribution in [0.3, 0.4) is 0 Å². The molecule has 160 valence electrons. The Morgan fingerprint density at radius 1 is 1.23 bits per heavy atom. The van der Waals surface area contributed by atoms with E-state index in [0.29, 0.717) is 42.7 Å². The number of ether oxygens (including phenoxy) is 2. The van der Waals surface area contributed by atoms with Gasteiger partial charge in [-0.1, -0.05) is 36.7 Å². The predicted molar refractivity (Wildman–Crippen MR) is 119 cm³/mol. The topological polar surface area (TPSA) is 83.6 Å². The Kier molecular flexibility index (Phi) is 7.60. The van der Waals surface area contributed by atoms with Gasteiger partial charge in [0, 0.05) is 30.1 Å². The maximum atomic E-state index is 11.8. The summed E-state index contributed by atoms with van der Waals surface area (Å²) in [5.74, 6) is 0.191. The van der Waals surface area contributed by atoms with Crippen molar-refractivity contribution >= 4 is 28.5 Å². The van der Waals surface area contributed by atoms with Crippen LogP contribution in [0.4, 0.5) is 0 Å². The van der Waals surface area contributed by atoms with Crippen LogP contribution >= 0.6 is 11.6 Å². The van der Waals surface area contributed by atoms with Crippen molar-refractivity contribution in [1.29, 1.82) is 0 Å². The first kappa shape index (κ1) is 22.0. The molecule has 0 saturated carbocycles. The van der Waals surface area contributed by atoms with Gasteiger partial charge in [-0.3, -0.25) is 4.79 Å². The lowest BCUT2D eigenvalue weighted by Crippen LogP contribution is -2.38. The SMILES string of the molecule is CCCOc1c(Cl)cc(CN[C@H](Cc2c[nH]c3ccccc23)C(=O)O)cc1OCC. The summed E-state index contributed by atoms with van der Waals surface area (Å²) in [6, 6.07) is 10.7. The minimum absolute atomic E-state index is 0.340. The molecule has 30 heavy (non-hydrogen) atoms. The first-order valence-electron chi connectivity index (χ1n) is 10.1. The van der Waals surface area contributed by atoms with Gasteiger partial charge in [0.15, 0.2) is 11.5 Å². The zero-order valence-corrected chi connectivity index (χ0v) is 18.0. The molecule has 0 aliphatic rings. The van der Waals surface area contributed by atoms with E-state index < -0.39 is 12.0 Å². The summed E-state index contributed by atoms with van der Waals surface area (Å²) in [4.78, 5) is 15.0. The molecule has 3 N–H and O–H groups in total. The first-order chi connectivity index (χ1) is 14.5. The Balaban J connectivity index is 1.75. The summed E-state index contributed by atoms with van der Waals surface area (Å²) in [6.45, 7) is 5.28. The number of fused-ring (bicyclic) bond motifs is 1. The van der Waals surface area contributed by atoms with Crippen LogP contribution in [0.5, 0.6) is 11.5 Å². The van der Waals surface area contributed by atoms with Crippen LogP contribution in [-0.2, 0) is 17.8 Å². The molecule has 0 aliphatic heterocycles. The maximum absolute atomic E-state index is 11.8. The number of hydrogen-bond donors (Lipinski definition) is 3. The van der Waals surface area contributed by atoms with E-state index in [4.69, 9.17) is 21.1 Å². The highest BCUT2D eigenvalue weighted by Crippen LogP contribution is 2.37. The lowest BCUT2D eigenvalue weighted by Gasteiger charge is -2.17. The number of carboxylic acid groups (broad SMARTS) is 1. The van der Waals surface area contributed by atoms with Crippen molar-refractivity contribution in [2.75, 3.05) is 13.2 Å². The van der Waals surface area contributed by atoms with E-state index in [1.807, 2.05) is 50.4 Å². The van der Waals surface area contributed by atoms with Crippen molar-refractivity contribution < 1.29 is 19.4 Å². The number of halogens is 1. The number of aromatic nitrogens is 1. The summed E-state index contributed by atoms with van der Waals surface area (Å²) in [6.07, 6.45) is 3.09.